The number of carboxylic acid groups (broad SMARTS) is 1. The topological polar surface area (TPSA) is 63.6 Å². The highest BCUT2D eigenvalue weighted by molar-refractivity contribution is 7.86. The number of carbonyl (C=O) groups is 1. The molecule has 5 heteroatoms. The Hall–Kier alpha value is -2.66. The molecule has 2 unspecified atom stereocenters. The van der Waals surface area contributed by atoms with Crippen LogP contribution in [0.15, 0.2) is 66.7 Å². The summed E-state index contributed by atoms with van der Waals surface area (Å²) in [6.45, 7) is 2.23. The molecular formula is C23H24O4S. The first-order valence-corrected chi connectivity index (χ1v) is 10.7. The second kappa shape index (κ2) is 9.51. The first-order chi connectivity index (χ1) is 13.5. The monoisotopic (exact) mass is 396 g/mol. The van der Waals surface area contributed by atoms with Crippen molar-refractivity contribution in [3.8, 4) is 5.75 Å². The molecule has 0 saturated heterocycles. The van der Waals surface area contributed by atoms with Crippen molar-refractivity contribution in [1.82, 2.24) is 0 Å². The average Bonchev–Trinajstić information content (AvgIpc) is 2.69. The van der Waals surface area contributed by atoms with Crippen LogP contribution in [-0.2, 0) is 22.0 Å². The van der Waals surface area contributed by atoms with Gasteiger partial charge in [0.1, 0.15) is 11.0 Å². The lowest BCUT2D eigenvalue weighted by Gasteiger charge is -2.14. The fourth-order valence-corrected chi connectivity index (χ4v) is 4.26. The fraction of sp³-hybridized carbons (Fsp3) is 0.261. The SMILES string of the molecule is Cc1ccc(CCC(C(=O)O)S(=O)CCOc2cccc3ccccc23)cc1. The van der Waals surface area contributed by atoms with E-state index in [0.29, 0.717) is 12.8 Å². The van der Waals surface area contributed by atoms with E-state index >= 15 is 0 Å². The van der Waals surface area contributed by atoms with E-state index in [9.17, 15) is 14.1 Å². The Labute approximate surface area is 167 Å². The predicted molar refractivity (Wildman–Crippen MR) is 113 cm³/mol. The number of aliphatic carboxylic acids is 1. The number of carboxylic acids is 1. The molecule has 28 heavy (non-hydrogen) atoms. The van der Waals surface area contributed by atoms with Gasteiger partial charge in [-0.25, -0.2) is 0 Å². The highest BCUT2D eigenvalue weighted by Gasteiger charge is 2.24. The maximum Gasteiger partial charge on any atom is 0.319 e. The number of hydrogen-bond acceptors (Lipinski definition) is 3. The number of ether oxygens (including phenoxy) is 1. The van der Waals surface area contributed by atoms with E-state index in [1.54, 1.807) is 0 Å². The molecule has 0 heterocycles. The van der Waals surface area contributed by atoms with Gasteiger partial charge in [-0.05, 0) is 36.8 Å². The van der Waals surface area contributed by atoms with Crippen molar-refractivity contribution in [2.45, 2.75) is 25.0 Å². The van der Waals surface area contributed by atoms with E-state index in [1.165, 1.54) is 0 Å². The Balaban J connectivity index is 1.56. The van der Waals surface area contributed by atoms with Gasteiger partial charge in [0, 0.05) is 16.2 Å². The molecule has 0 aromatic heterocycles. The van der Waals surface area contributed by atoms with Gasteiger partial charge in [-0.15, -0.1) is 0 Å². The van der Waals surface area contributed by atoms with Gasteiger partial charge < -0.3 is 9.84 Å². The number of benzene rings is 3. The van der Waals surface area contributed by atoms with Crippen LogP contribution in [0.1, 0.15) is 17.5 Å². The maximum atomic E-state index is 12.6. The Kier molecular flexibility index (Phi) is 6.82. The first-order valence-electron chi connectivity index (χ1n) is 9.30. The summed E-state index contributed by atoms with van der Waals surface area (Å²) in [5.41, 5.74) is 2.22. The van der Waals surface area contributed by atoms with Crippen LogP contribution in [0.2, 0.25) is 0 Å². The Bertz CT molecular complexity index is 961. The molecule has 0 saturated carbocycles. The van der Waals surface area contributed by atoms with Gasteiger partial charge in [0.05, 0.1) is 12.4 Å². The van der Waals surface area contributed by atoms with Crippen LogP contribution in [0.5, 0.6) is 5.75 Å². The van der Waals surface area contributed by atoms with E-state index in [4.69, 9.17) is 4.74 Å². The molecule has 1 N–H and O–H groups in total. The normalized spacial score (nSPS) is 13.2. The molecule has 3 rings (SSSR count). The van der Waals surface area contributed by atoms with Crippen LogP contribution in [0.3, 0.4) is 0 Å². The van der Waals surface area contributed by atoms with E-state index in [0.717, 1.165) is 27.6 Å². The van der Waals surface area contributed by atoms with Crippen molar-refractivity contribution >= 4 is 27.5 Å². The number of hydrogen-bond donors (Lipinski definition) is 1. The van der Waals surface area contributed by atoms with Gasteiger partial charge in [0.2, 0.25) is 0 Å². The van der Waals surface area contributed by atoms with Gasteiger partial charge in [-0.3, -0.25) is 9.00 Å². The van der Waals surface area contributed by atoms with Gasteiger partial charge in [0.25, 0.3) is 0 Å². The minimum Gasteiger partial charge on any atom is -0.492 e. The molecule has 0 amide bonds. The van der Waals surface area contributed by atoms with Crippen molar-refractivity contribution in [3.63, 3.8) is 0 Å². The van der Waals surface area contributed by atoms with Gasteiger partial charge in [-0.1, -0.05) is 66.2 Å². The molecular weight excluding hydrogens is 372 g/mol. The van der Waals surface area contributed by atoms with Gasteiger partial charge in [0.15, 0.2) is 0 Å². The van der Waals surface area contributed by atoms with Crippen molar-refractivity contribution < 1.29 is 18.8 Å². The molecule has 0 spiro atoms. The van der Waals surface area contributed by atoms with Crippen molar-refractivity contribution in [2.24, 2.45) is 0 Å². The lowest BCUT2D eigenvalue weighted by molar-refractivity contribution is -0.136. The average molecular weight is 397 g/mol. The summed E-state index contributed by atoms with van der Waals surface area (Å²) in [5, 5.41) is 10.7. The van der Waals surface area contributed by atoms with Gasteiger partial charge in [-0.2, -0.15) is 0 Å². The second-order valence-corrected chi connectivity index (χ2v) is 8.50. The Morgan fingerprint density at radius 2 is 1.75 bits per heavy atom. The standard InChI is InChI=1S/C23H24O4S/c1-17-9-11-18(12-10-17)13-14-22(23(24)25)28(26)16-15-27-21-8-4-6-19-5-2-3-7-20(19)21/h2-12,22H,13-16H2,1H3,(H,24,25). The van der Waals surface area contributed by atoms with E-state index in [1.807, 2.05) is 73.7 Å². The van der Waals surface area contributed by atoms with Gasteiger partial charge >= 0.3 is 5.97 Å². The van der Waals surface area contributed by atoms with Crippen molar-refractivity contribution in [3.05, 3.63) is 77.9 Å². The summed E-state index contributed by atoms with van der Waals surface area (Å²) in [6, 6.07) is 21.7. The zero-order valence-corrected chi connectivity index (χ0v) is 16.7. The van der Waals surface area contributed by atoms with E-state index < -0.39 is 22.0 Å². The quantitative estimate of drug-likeness (QED) is 0.584. The number of aryl methyl sites for hydroxylation is 2. The lowest BCUT2D eigenvalue weighted by atomic mass is 10.1. The summed E-state index contributed by atoms with van der Waals surface area (Å²) >= 11 is 0. The first kappa shape index (κ1) is 20.1. The third-order valence-electron chi connectivity index (χ3n) is 4.70. The lowest BCUT2D eigenvalue weighted by Crippen LogP contribution is -2.29. The minimum atomic E-state index is -1.50. The molecule has 0 radical (unpaired) electrons. The number of rotatable bonds is 9. The van der Waals surface area contributed by atoms with Crippen LogP contribution in [-0.4, -0.2) is 32.9 Å². The summed E-state index contributed by atoms with van der Waals surface area (Å²) in [7, 11) is -1.50. The molecule has 0 aliphatic carbocycles. The third kappa shape index (κ3) is 5.20. The van der Waals surface area contributed by atoms with Crippen LogP contribution >= 0.6 is 0 Å². The molecule has 4 nitrogen and oxygen atoms in total. The fourth-order valence-electron chi connectivity index (χ4n) is 3.12. The highest BCUT2D eigenvalue weighted by Crippen LogP contribution is 2.25. The third-order valence-corrected chi connectivity index (χ3v) is 6.34. The summed E-state index contributed by atoms with van der Waals surface area (Å²) < 4.78 is 18.4. The predicted octanol–water partition coefficient (Wildman–Crippen LogP) is 4.36. The summed E-state index contributed by atoms with van der Waals surface area (Å²) in [4.78, 5) is 11.6. The Morgan fingerprint density at radius 3 is 2.50 bits per heavy atom. The molecule has 3 aromatic carbocycles. The van der Waals surface area contributed by atoms with E-state index in [2.05, 4.69) is 0 Å². The smallest absolute Gasteiger partial charge is 0.319 e. The highest BCUT2D eigenvalue weighted by atomic mass is 32.2. The summed E-state index contributed by atoms with van der Waals surface area (Å²) in [6.07, 6.45) is 0.937. The molecule has 146 valence electrons. The second-order valence-electron chi connectivity index (χ2n) is 6.76. The van der Waals surface area contributed by atoms with E-state index in [-0.39, 0.29) is 12.4 Å². The zero-order chi connectivity index (χ0) is 19.9. The van der Waals surface area contributed by atoms with Crippen LogP contribution < -0.4 is 4.74 Å². The van der Waals surface area contributed by atoms with Crippen LogP contribution in [0.25, 0.3) is 10.8 Å². The zero-order valence-electron chi connectivity index (χ0n) is 15.8. The number of fused-ring (bicyclic) bond motifs is 1. The van der Waals surface area contributed by atoms with Crippen LogP contribution in [0, 0.1) is 6.92 Å². The van der Waals surface area contributed by atoms with Crippen molar-refractivity contribution in [1.29, 1.82) is 0 Å². The van der Waals surface area contributed by atoms with Crippen LogP contribution in [0.4, 0.5) is 0 Å². The Morgan fingerprint density at radius 1 is 1.04 bits per heavy atom. The van der Waals surface area contributed by atoms with Crippen molar-refractivity contribution in [2.75, 3.05) is 12.4 Å². The molecule has 0 aliphatic rings. The largest absolute Gasteiger partial charge is 0.492 e. The molecule has 0 aliphatic heterocycles. The minimum absolute atomic E-state index is 0.189. The molecule has 0 bridgehead atoms. The molecule has 3 aromatic rings. The maximum absolute atomic E-state index is 12.6. The summed E-state index contributed by atoms with van der Waals surface area (Å²) in [5.74, 6) is -0.106. The molecule has 2 atom stereocenters. The molecule has 0 fully saturated rings.